The number of pyridine rings is 1. The molecule has 0 aliphatic rings. The predicted molar refractivity (Wildman–Crippen MR) is 153 cm³/mol. The van der Waals surface area contributed by atoms with Gasteiger partial charge in [-0.05, 0) is 88.1 Å². The number of nitrogens with zero attached hydrogens (tertiary/aromatic N) is 3. The first-order chi connectivity index (χ1) is 16.6. The Kier molecular flexibility index (Phi) is 14.2. The number of hydrogen-bond acceptors (Lipinski definition) is 3. The molecule has 0 unspecified atom stereocenters. The Hall–Kier alpha value is -1.39. The van der Waals surface area contributed by atoms with Crippen LogP contribution in [-0.2, 0) is 13.1 Å². The molecule has 1 heterocycles. The van der Waals surface area contributed by atoms with Gasteiger partial charge in [-0.3, -0.25) is 0 Å². The minimum absolute atomic E-state index is 0.194. The number of aromatic nitrogens is 1. The number of aryl methyl sites for hydroxylation is 4. The summed E-state index contributed by atoms with van der Waals surface area (Å²) < 4.78 is 0. The van der Waals surface area contributed by atoms with Gasteiger partial charge in [-0.1, -0.05) is 55.2 Å². The van der Waals surface area contributed by atoms with Crippen LogP contribution in [0, 0.1) is 27.7 Å². The Bertz CT molecular complexity index is 1070. The summed E-state index contributed by atoms with van der Waals surface area (Å²) in [5.41, 5.74) is 9.02. The van der Waals surface area contributed by atoms with E-state index in [0.29, 0.717) is 10.0 Å². The molecule has 0 aliphatic heterocycles. The molecule has 0 N–H and O–H groups in total. The van der Waals surface area contributed by atoms with Crippen LogP contribution in [0.1, 0.15) is 61.3 Å². The summed E-state index contributed by atoms with van der Waals surface area (Å²) in [6.07, 6.45) is 0. The molecule has 3 aromatic rings. The Labute approximate surface area is 234 Å². The van der Waals surface area contributed by atoms with E-state index < -0.39 is 0 Å². The van der Waals surface area contributed by atoms with E-state index in [1.54, 1.807) is 0 Å². The standard InChI is InChI=1S/C25H25Cl2N3.C2H6.2ClH.Fe/c1-14-10-16(3)24(20(26)12-14)28-18(5)22-8-7-9-23(30-22)19(6)29-25-17(4)11-15(2)13-21(25)27;1-2;;;/h7-13H,1-6H3;1-2H3;2*1H;/q;;;;+2/p-2. The average Bonchev–Trinajstić information content (AvgIpc) is 2.80. The molecule has 0 bridgehead atoms. The average molecular weight is 595 g/mol. The SMILES string of the molecule is CC.CC(=Nc1c(C)cc(C)cc1Cl)c1cccc(C(C)=Nc2c(C)cc(C)cc2Cl)n1.[Cl][Fe][Cl]. The summed E-state index contributed by atoms with van der Waals surface area (Å²) in [5, 5.41) is 1.29. The Morgan fingerprint density at radius 3 is 1.37 bits per heavy atom. The summed E-state index contributed by atoms with van der Waals surface area (Å²) >= 11 is 13.0. The van der Waals surface area contributed by atoms with Crippen molar-refractivity contribution in [3.8, 4) is 0 Å². The van der Waals surface area contributed by atoms with Crippen LogP contribution in [0.25, 0.3) is 0 Å². The van der Waals surface area contributed by atoms with E-state index in [0.717, 1.165) is 56.4 Å². The topological polar surface area (TPSA) is 37.6 Å². The number of hydrogen-bond donors (Lipinski definition) is 0. The van der Waals surface area contributed by atoms with Crippen LogP contribution < -0.4 is 0 Å². The Morgan fingerprint density at radius 1 is 0.714 bits per heavy atom. The molecule has 0 atom stereocenters. The molecule has 190 valence electrons. The Balaban J connectivity index is 0.00000114. The zero-order chi connectivity index (χ0) is 26.7. The van der Waals surface area contributed by atoms with Crippen LogP contribution in [-0.4, -0.2) is 16.4 Å². The van der Waals surface area contributed by atoms with Crippen molar-refractivity contribution in [2.75, 3.05) is 0 Å². The van der Waals surface area contributed by atoms with E-state index in [-0.39, 0.29) is 13.1 Å². The fourth-order valence-electron chi connectivity index (χ4n) is 3.39. The molecule has 35 heavy (non-hydrogen) atoms. The third-order valence-electron chi connectivity index (χ3n) is 4.85. The minimum atomic E-state index is 0.194. The van der Waals surface area contributed by atoms with Gasteiger partial charge in [0.2, 0.25) is 0 Å². The van der Waals surface area contributed by atoms with E-state index >= 15 is 0 Å². The van der Waals surface area contributed by atoms with Gasteiger partial charge in [0.15, 0.2) is 0 Å². The third-order valence-corrected chi connectivity index (χ3v) is 5.42. The summed E-state index contributed by atoms with van der Waals surface area (Å²) in [6.45, 7) is 16.0. The second-order valence-electron chi connectivity index (χ2n) is 7.68. The zero-order valence-electron chi connectivity index (χ0n) is 21.2. The van der Waals surface area contributed by atoms with Crippen molar-refractivity contribution < 1.29 is 13.1 Å². The molecular formula is C27H31Cl4FeN3. The third kappa shape index (κ3) is 9.53. The maximum atomic E-state index is 6.42. The molecule has 1 aromatic heterocycles. The van der Waals surface area contributed by atoms with Crippen LogP contribution in [0.3, 0.4) is 0 Å². The van der Waals surface area contributed by atoms with Crippen molar-refractivity contribution in [3.05, 3.63) is 86.2 Å². The fraction of sp³-hybridized carbons (Fsp3) is 0.296. The molecule has 0 aliphatic carbocycles. The summed E-state index contributed by atoms with van der Waals surface area (Å²) in [7, 11) is 9.53. The van der Waals surface area contributed by atoms with Gasteiger partial charge in [0.25, 0.3) is 0 Å². The molecule has 3 nitrogen and oxygen atoms in total. The van der Waals surface area contributed by atoms with Crippen molar-refractivity contribution in [1.29, 1.82) is 0 Å². The fourth-order valence-corrected chi connectivity index (χ4v) is 4.11. The van der Waals surface area contributed by atoms with E-state index in [1.165, 1.54) is 0 Å². The Morgan fingerprint density at radius 2 is 1.06 bits per heavy atom. The second-order valence-corrected chi connectivity index (χ2v) is 10.3. The number of halogens is 4. The molecular weight excluding hydrogens is 564 g/mol. The van der Waals surface area contributed by atoms with E-state index in [4.69, 9.17) is 58.4 Å². The molecule has 0 radical (unpaired) electrons. The normalized spacial score (nSPS) is 11.4. The van der Waals surface area contributed by atoms with E-state index in [9.17, 15) is 0 Å². The number of benzene rings is 2. The summed E-state index contributed by atoms with van der Waals surface area (Å²) in [4.78, 5) is 14.3. The van der Waals surface area contributed by atoms with Crippen LogP contribution in [0.15, 0.2) is 52.4 Å². The van der Waals surface area contributed by atoms with Gasteiger partial charge in [0, 0.05) is 0 Å². The molecule has 0 amide bonds. The number of aliphatic imine (C=N–C) groups is 2. The molecule has 0 saturated heterocycles. The molecule has 0 fully saturated rings. The van der Waals surface area contributed by atoms with Crippen LogP contribution in [0.5, 0.6) is 0 Å². The van der Waals surface area contributed by atoms with Gasteiger partial charge >= 0.3 is 33.3 Å². The van der Waals surface area contributed by atoms with Crippen LogP contribution >= 0.6 is 43.4 Å². The van der Waals surface area contributed by atoms with Gasteiger partial charge in [0.05, 0.1) is 44.2 Å². The van der Waals surface area contributed by atoms with Crippen LogP contribution in [0.2, 0.25) is 10.0 Å². The summed E-state index contributed by atoms with van der Waals surface area (Å²) in [6, 6.07) is 13.8. The van der Waals surface area contributed by atoms with Crippen molar-refractivity contribution in [3.63, 3.8) is 0 Å². The maximum absolute atomic E-state index is 6.42. The zero-order valence-corrected chi connectivity index (χ0v) is 25.4. The first kappa shape index (κ1) is 31.6. The molecule has 0 saturated carbocycles. The second kappa shape index (κ2) is 15.7. The van der Waals surface area contributed by atoms with Gasteiger partial charge in [0.1, 0.15) is 0 Å². The number of rotatable bonds is 4. The van der Waals surface area contributed by atoms with E-state index in [1.807, 2.05) is 85.7 Å². The first-order valence-corrected chi connectivity index (χ1v) is 14.8. The molecule has 2 aromatic carbocycles. The van der Waals surface area contributed by atoms with Crippen molar-refractivity contribution in [2.24, 2.45) is 9.98 Å². The van der Waals surface area contributed by atoms with Crippen LogP contribution in [0.4, 0.5) is 11.4 Å². The monoisotopic (exact) mass is 593 g/mol. The van der Waals surface area contributed by atoms with Crippen molar-refractivity contribution >= 4 is 66.2 Å². The first-order valence-electron chi connectivity index (χ1n) is 11.0. The summed E-state index contributed by atoms with van der Waals surface area (Å²) in [5.74, 6) is 0. The van der Waals surface area contributed by atoms with Gasteiger partial charge in [-0.15, -0.1) is 0 Å². The van der Waals surface area contributed by atoms with Crippen molar-refractivity contribution in [1.82, 2.24) is 4.98 Å². The van der Waals surface area contributed by atoms with Gasteiger partial charge < -0.3 is 0 Å². The van der Waals surface area contributed by atoms with Crippen molar-refractivity contribution in [2.45, 2.75) is 55.4 Å². The quantitative estimate of drug-likeness (QED) is 0.219. The van der Waals surface area contributed by atoms with E-state index in [2.05, 4.69) is 12.1 Å². The molecule has 8 heteroatoms. The predicted octanol–water partition coefficient (Wildman–Crippen LogP) is 10.3. The molecule has 0 spiro atoms. The molecule has 3 rings (SSSR count). The van der Waals surface area contributed by atoms with Gasteiger partial charge in [-0.2, -0.15) is 0 Å². The van der Waals surface area contributed by atoms with Gasteiger partial charge in [-0.25, -0.2) is 15.0 Å².